The maximum absolute atomic E-state index is 12.2. The average molecular weight is 415 g/mol. The average Bonchev–Trinajstić information content (AvgIpc) is 3.01. The van der Waals surface area contributed by atoms with Crippen LogP contribution in [-0.4, -0.2) is 32.3 Å². The van der Waals surface area contributed by atoms with Gasteiger partial charge in [-0.1, -0.05) is 29.8 Å². The van der Waals surface area contributed by atoms with Gasteiger partial charge in [0.25, 0.3) is 11.6 Å². The van der Waals surface area contributed by atoms with Gasteiger partial charge in [0.2, 0.25) is 0 Å². The van der Waals surface area contributed by atoms with E-state index in [2.05, 4.69) is 10.3 Å². The summed E-state index contributed by atoms with van der Waals surface area (Å²) in [5.41, 5.74) is 0.846. The highest BCUT2D eigenvalue weighted by Crippen LogP contribution is 2.23. The summed E-state index contributed by atoms with van der Waals surface area (Å²) in [6.07, 6.45) is 3.11. The molecule has 2 aromatic heterocycles. The normalized spacial score (nSPS) is 12.1. The molecule has 2 heterocycles. The van der Waals surface area contributed by atoms with E-state index in [1.54, 1.807) is 34.9 Å². The van der Waals surface area contributed by atoms with E-state index in [4.69, 9.17) is 16.3 Å². The van der Waals surface area contributed by atoms with Crippen molar-refractivity contribution in [2.45, 2.75) is 13.0 Å². The van der Waals surface area contributed by atoms with Crippen LogP contribution in [0.3, 0.4) is 0 Å². The van der Waals surface area contributed by atoms with Crippen LogP contribution < -0.4 is 5.32 Å². The molecule has 0 aliphatic rings. The predicted octanol–water partition coefficient (Wildman–Crippen LogP) is 3.48. The summed E-state index contributed by atoms with van der Waals surface area (Å²) < 4.78 is 6.75. The van der Waals surface area contributed by atoms with Crippen molar-refractivity contribution in [3.63, 3.8) is 0 Å². The third-order valence-corrected chi connectivity index (χ3v) is 4.20. The quantitative estimate of drug-likeness (QED) is 0.285. The molecular weight excluding hydrogens is 400 g/mol. The molecule has 0 unspecified atom stereocenters. The van der Waals surface area contributed by atoms with E-state index in [9.17, 15) is 19.7 Å². The first-order chi connectivity index (χ1) is 13.9. The summed E-state index contributed by atoms with van der Waals surface area (Å²) in [4.78, 5) is 38.8. The van der Waals surface area contributed by atoms with Gasteiger partial charge < -0.3 is 10.1 Å². The molecule has 10 heteroatoms. The Morgan fingerprint density at radius 3 is 2.76 bits per heavy atom. The van der Waals surface area contributed by atoms with Crippen LogP contribution in [-0.2, 0) is 14.3 Å². The zero-order valence-electron chi connectivity index (χ0n) is 15.1. The fourth-order valence-electron chi connectivity index (χ4n) is 2.52. The Morgan fingerprint density at radius 2 is 2.00 bits per heavy atom. The highest BCUT2D eigenvalue weighted by atomic mass is 35.5. The number of hydrogen-bond donors (Lipinski definition) is 1. The minimum Gasteiger partial charge on any atom is -0.449 e. The fraction of sp³-hybridized carbons (Fsp3) is 0.105. The lowest BCUT2D eigenvalue weighted by molar-refractivity contribution is -0.383. The molecule has 29 heavy (non-hydrogen) atoms. The number of halogens is 1. The van der Waals surface area contributed by atoms with E-state index in [-0.39, 0.29) is 16.5 Å². The molecule has 0 spiro atoms. The van der Waals surface area contributed by atoms with E-state index in [1.807, 2.05) is 0 Å². The maximum atomic E-state index is 12.2. The smallest absolute Gasteiger partial charge is 0.331 e. The van der Waals surface area contributed by atoms with Crippen molar-refractivity contribution in [2.75, 3.05) is 5.32 Å². The number of nitrogens with zero attached hydrogens (tertiary/aromatic N) is 3. The number of nitro benzene ring substituents is 1. The molecular formula is C19H15ClN4O5. The Bertz CT molecular complexity index is 1120. The van der Waals surface area contributed by atoms with Crippen LogP contribution in [0.25, 0.3) is 11.7 Å². The number of rotatable bonds is 6. The number of benzene rings is 1. The lowest BCUT2D eigenvalue weighted by Crippen LogP contribution is -2.29. The number of imidazole rings is 1. The van der Waals surface area contributed by atoms with Gasteiger partial charge in [-0.2, -0.15) is 0 Å². The number of carbonyl (C=O) groups is 2. The Labute approximate surface area is 169 Å². The molecule has 9 nitrogen and oxygen atoms in total. The molecule has 0 radical (unpaired) electrons. The lowest BCUT2D eigenvalue weighted by Gasteiger charge is -2.12. The SMILES string of the molecule is C[C@@H](OC(=O)/C=C/c1c(Cl)nc2ccccn12)C(=O)Nc1ccccc1[N+](=O)[O-]. The topological polar surface area (TPSA) is 116 Å². The van der Waals surface area contributed by atoms with Gasteiger partial charge in [-0.15, -0.1) is 0 Å². The number of aromatic nitrogens is 2. The fourth-order valence-corrected chi connectivity index (χ4v) is 2.76. The van der Waals surface area contributed by atoms with E-state index in [0.717, 1.165) is 6.08 Å². The first-order valence-corrected chi connectivity index (χ1v) is 8.80. The van der Waals surface area contributed by atoms with Gasteiger partial charge in [0.1, 0.15) is 11.3 Å². The molecule has 1 amide bonds. The summed E-state index contributed by atoms with van der Waals surface area (Å²) in [6, 6.07) is 11.0. The van der Waals surface area contributed by atoms with Gasteiger partial charge in [0.05, 0.1) is 10.6 Å². The van der Waals surface area contributed by atoms with Gasteiger partial charge in [-0.05, 0) is 31.2 Å². The van der Waals surface area contributed by atoms with Gasteiger partial charge in [-0.3, -0.25) is 19.3 Å². The van der Waals surface area contributed by atoms with Crippen molar-refractivity contribution in [1.29, 1.82) is 0 Å². The number of hydrogen-bond acceptors (Lipinski definition) is 6. The largest absolute Gasteiger partial charge is 0.449 e. The van der Waals surface area contributed by atoms with Crippen LogP contribution in [0, 0.1) is 10.1 Å². The van der Waals surface area contributed by atoms with Crippen LogP contribution in [0.2, 0.25) is 5.15 Å². The number of nitro groups is 1. The lowest BCUT2D eigenvalue weighted by atomic mass is 10.2. The minimum atomic E-state index is -1.18. The van der Waals surface area contributed by atoms with Crippen molar-refractivity contribution < 1.29 is 19.2 Å². The number of fused-ring (bicyclic) bond motifs is 1. The molecule has 0 saturated heterocycles. The van der Waals surface area contributed by atoms with Gasteiger partial charge in [0.15, 0.2) is 11.3 Å². The number of para-hydroxylation sites is 2. The van der Waals surface area contributed by atoms with Gasteiger partial charge >= 0.3 is 5.97 Å². The first-order valence-electron chi connectivity index (χ1n) is 8.42. The molecule has 0 aliphatic heterocycles. The maximum Gasteiger partial charge on any atom is 0.331 e. The molecule has 3 rings (SSSR count). The highest BCUT2D eigenvalue weighted by molar-refractivity contribution is 6.31. The van der Waals surface area contributed by atoms with E-state index in [1.165, 1.54) is 31.2 Å². The van der Waals surface area contributed by atoms with Crippen molar-refractivity contribution >= 4 is 46.6 Å². The Balaban J connectivity index is 1.66. The number of ether oxygens (including phenoxy) is 1. The van der Waals surface area contributed by atoms with Crippen molar-refractivity contribution in [3.8, 4) is 0 Å². The van der Waals surface area contributed by atoms with E-state index in [0.29, 0.717) is 11.3 Å². The van der Waals surface area contributed by atoms with Gasteiger partial charge in [0, 0.05) is 18.3 Å². The van der Waals surface area contributed by atoms with Crippen LogP contribution >= 0.6 is 11.6 Å². The Morgan fingerprint density at radius 1 is 1.28 bits per heavy atom. The molecule has 0 aliphatic carbocycles. The number of anilines is 1. The minimum absolute atomic E-state index is 0.0125. The predicted molar refractivity (Wildman–Crippen MR) is 107 cm³/mol. The first kappa shape index (κ1) is 20.0. The standard InChI is InChI=1S/C19H15ClN4O5/c1-12(19(26)21-13-6-2-3-7-14(13)24(27)28)29-17(25)10-9-15-18(20)22-16-8-4-5-11-23(15)16/h2-12H,1H3,(H,21,26)/b10-9+/t12-/m1/s1. The third kappa shape index (κ3) is 4.58. The summed E-state index contributed by atoms with van der Waals surface area (Å²) in [7, 11) is 0. The molecule has 0 bridgehead atoms. The van der Waals surface area contributed by atoms with E-state index < -0.39 is 22.9 Å². The van der Waals surface area contributed by atoms with Crippen LogP contribution in [0.1, 0.15) is 12.6 Å². The molecule has 3 aromatic rings. The Kier molecular flexibility index (Phi) is 5.89. The Hall–Kier alpha value is -3.72. The second-order valence-electron chi connectivity index (χ2n) is 5.89. The van der Waals surface area contributed by atoms with E-state index >= 15 is 0 Å². The molecule has 1 atom stereocenters. The number of esters is 1. The third-order valence-electron chi connectivity index (χ3n) is 3.92. The molecule has 148 valence electrons. The molecule has 0 saturated carbocycles. The zero-order valence-corrected chi connectivity index (χ0v) is 15.9. The number of amides is 1. The molecule has 1 N–H and O–H groups in total. The number of pyridine rings is 1. The highest BCUT2D eigenvalue weighted by Gasteiger charge is 2.21. The van der Waals surface area contributed by atoms with Crippen molar-refractivity contribution in [3.05, 3.63) is 75.7 Å². The van der Waals surface area contributed by atoms with Gasteiger partial charge in [-0.25, -0.2) is 9.78 Å². The van der Waals surface area contributed by atoms with Crippen molar-refractivity contribution in [2.24, 2.45) is 0 Å². The van der Waals surface area contributed by atoms with Crippen LogP contribution in [0.15, 0.2) is 54.7 Å². The summed E-state index contributed by atoms with van der Waals surface area (Å²) in [6.45, 7) is 1.36. The monoisotopic (exact) mass is 414 g/mol. The number of nitrogens with one attached hydrogen (secondary N) is 1. The summed E-state index contributed by atoms with van der Waals surface area (Å²) in [5, 5.41) is 13.6. The van der Waals surface area contributed by atoms with Crippen molar-refractivity contribution in [1.82, 2.24) is 9.38 Å². The second kappa shape index (κ2) is 8.53. The number of carbonyl (C=O) groups excluding carboxylic acids is 2. The zero-order chi connectivity index (χ0) is 21.0. The summed E-state index contributed by atoms with van der Waals surface area (Å²) >= 11 is 6.08. The van der Waals surface area contributed by atoms with Crippen LogP contribution in [0.5, 0.6) is 0 Å². The molecule has 0 fully saturated rings. The molecule has 1 aromatic carbocycles. The second-order valence-corrected chi connectivity index (χ2v) is 6.25. The van der Waals surface area contributed by atoms with Crippen LogP contribution in [0.4, 0.5) is 11.4 Å². The summed E-state index contributed by atoms with van der Waals surface area (Å²) in [5.74, 6) is -1.48.